The number of unbranched alkanes of at least 4 members (excludes halogenated alkanes) is 1. The summed E-state index contributed by atoms with van der Waals surface area (Å²) in [6.45, 7) is 7.49. The molecule has 7 nitrogen and oxygen atoms in total. The van der Waals surface area contributed by atoms with Crippen LogP contribution in [-0.4, -0.2) is 37.9 Å². The van der Waals surface area contributed by atoms with Crippen LogP contribution in [0.15, 0.2) is 42.5 Å². The van der Waals surface area contributed by atoms with Crippen molar-refractivity contribution in [1.29, 1.82) is 0 Å². The van der Waals surface area contributed by atoms with E-state index >= 15 is 0 Å². The molecule has 0 spiro atoms. The fourth-order valence-corrected chi connectivity index (χ4v) is 1.77. The average molecular weight is 376 g/mol. The SMILES string of the molecule is C=C(C)C(=O)OCCCCOC(=O)C=Cc1ccc(OC(=O)OCC)cc1. The second-order valence-electron chi connectivity index (χ2n) is 5.48. The maximum absolute atomic E-state index is 11.6. The van der Waals surface area contributed by atoms with Crippen molar-refractivity contribution in [3.05, 3.63) is 48.1 Å². The summed E-state index contributed by atoms with van der Waals surface area (Å²) in [5.41, 5.74) is 1.10. The van der Waals surface area contributed by atoms with E-state index in [0.717, 1.165) is 5.56 Å². The van der Waals surface area contributed by atoms with Crippen LogP contribution in [0.3, 0.4) is 0 Å². The van der Waals surface area contributed by atoms with E-state index in [4.69, 9.17) is 14.2 Å². The number of carbonyl (C=O) groups excluding carboxylic acids is 3. The lowest BCUT2D eigenvalue weighted by molar-refractivity contribution is -0.140. The minimum atomic E-state index is -0.765. The van der Waals surface area contributed by atoms with Gasteiger partial charge in [-0.15, -0.1) is 0 Å². The molecule has 7 heteroatoms. The Morgan fingerprint density at radius 1 is 1.00 bits per heavy atom. The molecule has 0 saturated heterocycles. The highest BCUT2D eigenvalue weighted by Gasteiger charge is 2.04. The molecule has 1 rings (SSSR count). The number of rotatable bonds is 10. The molecule has 0 aliphatic rings. The molecule has 0 unspecified atom stereocenters. The Bertz CT molecular complexity index is 674. The molecule has 0 atom stereocenters. The summed E-state index contributed by atoms with van der Waals surface area (Å²) in [6, 6.07) is 6.56. The van der Waals surface area contributed by atoms with Crippen LogP contribution in [0, 0.1) is 0 Å². The van der Waals surface area contributed by atoms with Crippen molar-refractivity contribution in [2.45, 2.75) is 26.7 Å². The van der Waals surface area contributed by atoms with Crippen LogP contribution in [0.2, 0.25) is 0 Å². The van der Waals surface area contributed by atoms with E-state index in [-0.39, 0.29) is 19.8 Å². The first-order valence-electron chi connectivity index (χ1n) is 8.54. The van der Waals surface area contributed by atoms with Gasteiger partial charge < -0.3 is 18.9 Å². The van der Waals surface area contributed by atoms with Crippen molar-refractivity contribution < 1.29 is 33.3 Å². The topological polar surface area (TPSA) is 88.1 Å². The third-order valence-electron chi connectivity index (χ3n) is 3.12. The Kier molecular flexibility index (Phi) is 10.00. The van der Waals surface area contributed by atoms with Crippen molar-refractivity contribution in [2.24, 2.45) is 0 Å². The summed E-state index contributed by atoms with van der Waals surface area (Å²) in [7, 11) is 0. The van der Waals surface area contributed by atoms with E-state index in [2.05, 4.69) is 11.3 Å². The van der Waals surface area contributed by atoms with E-state index in [1.165, 1.54) is 6.08 Å². The predicted octanol–water partition coefficient (Wildman–Crippen LogP) is 3.68. The molecule has 0 aliphatic carbocycles. The maximum atomic E-state index is 11.6. The van der Waals surface area contributed by atoms with Gasteiger partial charge in [0.05, 0.1) is 19.8 Å². The summed E-state index contributed by atoms with van der Waals surface area (Å²) >= 11 is 0. The first-order chi connectivity index (χ1) is 12.9. The Labute approximate surface area is 158 Å². The second kappa shape index (κ2) is 12.3. The fourth-order valence-electron chi connectivity index (χ4n) is 1.77. The van der Waals surface area contributed by atoms with E-state index in [1.807, 2.05) is 0 Å². The summed E-state index contributed by atoms with van der Waals surface area (Å²) in [5.74, 6) is -0.546. The lowest BCUT2D eigenvalue weighted by Gasteiger charge is -2.05. The standard InChI is InChI=1S/C20H24O7/c1-4-24-20(23)27-17-10-7-16(8-11-17)9-12-18(21)25-13-5-6-14-26-19(22)15(2)3/h7-12H,2,4-6,13-14H2,1,3H3. The van der Waals surface area contributed by atoms with Crippen molar-refractivity contribution >= 4 is 24.2 Å². The molecule has 0 fully saturated rings. The van der Waals surface area contributed by atoms with Gasteiger partial charge in [0, 0.05) is 11.6 Å². The molecular weight excluding hydrogens is 352 g/mol. The minimum Gasteiger partial charge on any atom is -0.463 e. The molecule has 0 N–H and O–H groups in total. The Morgan fingerprint density at radius 2 is 1.63 bits per heavy atom. The van der Waals surface area contributed by atoms with Gasteiger partial charge in [0.2, 0.25) is 0 Å². The van der Waals surface area contributed by atoms with E-state index in [0.29, 0.717) is 24.2 Å². The van der Waals surface area contributed by atoms with Crippen LogP contribution < -0.4 is 4.74 Å². The van der Waals surface area contributed by atoms with Gasteiger partial charge in [0.25, 0.3) is 0 Å². The number of esters is 2. The normalized spacial score (nSPS) is 10.3. The Morgan fingerprint density at radius 3 is 2.22 bits per heavy atom. The zero-order valence-electron chi connectivity index (χ0n) is 15.6. The molecule has 1 aromatic rings. The van der Waals surface area contributed by atoms with E-state index in [9.17, 15) is 14.4 Å². The molecule has 0 aliphatic heterocycles. The number of ether oxygens (including phenoxy) is 4. The monoisotopic (exact) mass is 376 g/mol. The van der Waals surface area contributed by atoms with Crippen LogP contribution >= 0.6 is 0 Å². The number of benzene rings is 1. The zero-order chi connectivity index (χ0) is 20.1. The van der Waals surface area contributed by atoms with Crippen LogP contribution in [0.5, 0.6) is 5.75 Å². The van der Waals surface area contributed by atoms with E-state index < -0.39 is 18.1 Å². The van der Waals surface area contributed by atoms with E-state index in [1.54, 1.807) is 44.2 Å². The van der Waals surface area contributed by atoms with Crippen LogP contribution in [-0.2, 0) is 23.8 Å². The number of carbonyl (C=O) groups is 3. The molecule has 0 bridgehead atoms. The van der Waals surface area contributed by atoms with Gasteiger partial charge in [-0.05, 0) is 50.5 Å². The largest absolute Gasteiger partial charge is 0.513 e. The molecule has 0 aromatic heterocycles. The molecule has 146 valence electrons. The third-order valence-corrected chi connectivity index (χ3v) is 3.12. The quantitative estimate of drug-likeness (QED) is 0.202. The summed E-state index contributed by atoms with van der Waals surface area (Å²) < 4.78 is 19.6. The second-order valence-corrected chi connectivity index (χ2v) is 5.48. The number of hydrogen-bond acceptors (Lipinski definition) is 7. The average Bonchev–Trinajstić information content (AvgIpc) is 2.63. The lowest BCUT2D eigenvalue weighted by Crippen LogP contribution is -2.09. The Hall–Kier alpha value is -3.09. The van der Waals surface area contributed by atoms with Gasteiger partial charge in [-0.1, -0.05) is 18.7 Å². The van der Waals surface area contributed by atoms with Crippen molar-refractivity contribution in [3.63, 3.8) is 0 Å². The van der Waals surface area contributed by atoms with Crippen LogP contribution in [0.25, 0.3) is 6.08 Å². The highest BCUT2D eigenvalue weighted by molar-refractivity contribution is 5.87. The van der Waals surface area contributed by atoms with Gasteiger partial charge in [0.1, 0.15) is 5.75 Å². The Balaban J connectivity index is 2.26. The van der Waals surface area contributed by atoms with Crippen molar-refractivity contribution in [2.75, 3.05) is 19.8 Å². The molecule has 0 saturated carbocycles. The molecule has 0 radical (unpaired) electrons. The van der Waals surface area contributed by atoms with Gasteiger partial charge in [-0.25, -0.2) is 14.4 Å². The smallest absolute Gasteiger partial charge is 0.463 e. The van der Waals surface area contributed by atoms with Crippen LogP contribution in [0.1, 0.15) is 32.3 Å². The highest BCUT2D eigenvalue weighted by Crippen LogP contribution is 2.14. The van der Waals surface area contributed by atoms with Crippen molar-refractivity contribution in [1.82, 2.24) is 0 Å². The molecule has 0 heterocycles. The summed E-state index contributed by atoms with van der Waals surface area (Å²) in [4.78, 5) is 34.0. The highest BCUT2D eigenvalue weighted by atomic mass is 16.7. The predicted molar refractivity (Wildman–Crippen MR) is 99.1 cm³/mol. The zero-order valence-corrected chi connectivity index (χ0v) is 15.6. The van der Waals surface area contributed by atoms with Crippen LogP contribution in [0.4, 0.5) is 4.79 Å². The fraction of sp³-hybridized carbons (Fsp3) is 0.350. The molecule has 1 aromatic carbocycles. The van der Waals surface area contributed by atoms with Gasteiger partial charge in [0.15, 0.2) is 0 Å². The third kappa shape index (κ3) is 9.84. The van der Waals surface area contributed by atoms with Gasteiger partial charge in [-0.2, -0.15) is 0 Å². The number of hydrogen-bond donors (Lipinski definition) is 0. The summed E-state index contributed by atoms with van der Waals surface area (Å²) in [5, 5.41) is 0. The maximum Gasteiger partial charge on any atom is 0.513 e. The summed E-state index contributed by atoms with van der Waals surface area (Å²) in [6.07, 6.45) is 3.31. The van der Waals surface area contributed by atoms with Crippen molar-refractivity contribution in [3.8, 4) is 5.75 Å². The lowest BCUT2D eigenvalue weighted by atomic mass is 10.2. The minimum absolute atomic E-state index is 0.236. The van der Waals surface area contributed by atoms with Gasteiger partial charge >= 0.3 is 18.1 Å². The molecule has 0 amide bonds. The first-order valence-corrected chi connectivity index (χ1v) is 8.54. The molecular formula is C20H24O7. The van der Waals surface area contributed by atoms with Gasteiger partial charge in [-0.3, -0.25) is 0 Å². The first kappa shape index (κ1) is 22.0. The molecule has 27 heavy (non-hydrogen) atoms.